The van der Waals surface area contributed by atoms with Gasteiger partial charge >= 0.3 is 0 Å². The van der Waals surface area contributed by atoms with Crippen molar-refractivity contribution in [2.75, 3.05) is 7.11 Å². The highest BCUT2D eigenvalue weighted by Crippen LogP contribution is 2.33. The third kappa shape index (κ3) is 2.48. The molecule has 80 valence electrons. The molecular formula is C10H17NO3. The molecule has 0 aliphatic carbocycles. The lowest BCUT2D eigenvalue weighted by Gasteiger charge is -2.22. The van der Waals surface area contributed by atoms with Crippen molar-refractivity contribution in [1.29, 1.82) is 0 Å². The first-order valence-corrected chi connectivity index (χ1v) is 4.76. The van der Waals surface area contributed by atoms with Crippen molar-refractivity contribution >= 4 is 6.47 Å². The van der Waals surface area contributed by atoms with E-state index in [2.05, 4.69) is 11.7 Å². The number of carbonyl (C=O) groups is 1. The number of methoxy groups -OCH3 is 1. The Morgan fingerprint density at radius 2 is 2.21 bits per heavy atom. The van der Waals surface area contributed by atoms with Gasteiger partial charge in [-0.25, -0.2) is 0 Å². The van der Waals surface area contributed by atoms with Crippen LogP contribution in [0.1, 0.15) is 26.2 Å². The Morgan fingerprint density at radius 1 is 1.57 bits per heavy atom. The smallest absolute Gasteiger partial charge is 0.292 e. The molecule has 2 unspecified atom stereocenters. The first kappa shape index (κ1) is 11.0. The Kier molecular flexibility index (Phi) is 3.95. The molecule has 2 aliphatic heterocycles. The van der Waals surface area contributed by atoms with Gasteiger partial charge in [0.2, 0.25) is 0 Å². The van der Waals surface area contributed by atoms with Gasteiger partial charge < -0.3 is 15.2 Å². The highest BCUT2D eigenvalue weighted by atomic mass is 16.5. The topological polar surface area (TPSA) is 61.6 Å². The van der Waals surface area contributed by atoms with Gasteiger partial charge in [-0.05, 0) is 31.8 Å². The van der Waals surface area contributed by atoms with Crippen molar-refractivity contribution in [3.63, 3.8) is 0 Å². The average molecular weight is 199 g/mol. The lowest BCUT2D eigenvalue weighted by molar-refractivity contribution is -0.126. The summed E-state index contributed by atoms with van der Waals surface area (Å²) in [5.74, 6) is 0. The molecule has 0 aromatic rings. The molecule has 4 nitrogen and oxygen atoms in total. The second-order valence-electron chi connectivity index (χ2n) is 3.60. The quantitative estimate of drug-likeness (QED) is 0.639. The van der Waals surface area contributed by atoms with Crippen LogP contribution in [-0.2, 0) is 14.3 Å². The summed E-state index contributed by atoms with van der Waals surface area (Å²) < 4.78 is 9.46. The largest absolute Gasteiger partial charge is 0.471 e. The van der Waals surface area contributed by atoms with Gasteiger partial charge in [0.25, 0.3) is 6.47 Å². The van der Waals surface area contributed by atoms with Crippen LogP contribution in [0.4, 0.5) is 0 Å². The summed E-state index contributed by atoms with van der Waals surface area (Å²) in [5.41, 5.74) is 8.15. The Morgan fingerprint density at radius 3 is 2.79 bits per heavy atom. The van der Waals surface area contributed by atoms with Crippen LogP contribution in [0.15, 0.2) is 11.3 Å². The molecule has 2 N–H and O–H groups in total. The standard InChI is InChI=1S/C8H13NO.C2H4O2/c1-5-4-6-2-3-7(10-6)8(5)9;1-4-2-3/h6-7H,2-4,9H2,1H3;2H,1H3. The first-order chi connectivity index (χ1) is 6.69. The Hall–Kier alpha value is -1.03. The van der Waals surface area contributed by atoms with Crippen LogP contribution < -0.4 is 5.73 Å². The molecular weight excluding hydrogens is 182 g/mol. The minimum Gasteiger partial charge on any atom is -0.471 e. The summed E-state index contributed by atoms with van der Waals surface area (Å²) in [6.07, 6.45) is 4.13. The van der Waals surface area contributed by atoms with Crippen molar-refractivity contribution < 1.29 is 14.3 Å². The monoisotopic (exact) mass is 199 g/mol. The average Bonchev–Trinajstić information content (AvgIpc) is 2.60. The predicted octanol–water partition coefficient (Wildman–Crippen LogP) is 0.960. The van der Waals surface area contributed by atoms with E-state index in [0.29, 0.717) is 12.6 Å². The summed E-state index contributed by atoms with van der Waals surface area (Å²) in [5, 5.41) is 0. The molecule has 2 bridgehead atoms. The van der Waals surface area contributed by atoms with Gasteiger partial charge in [0, 0.05) is 5.70 Å². The van der Waals surface area contributed by atoms with E-state index in [1.807, 2.05) is 0 Å². The van der Waals surface area contributed by atoms with Crippen LogP contribution in [0.25, 0.3) is 0 Å². The van der Waals surface area contributed by atoms with Crippen molar-refractivity contribution in [2.45, 2.75) is 38.4 Å². The molecule has 2 heterocycles. The molecule has 0 aromatic carbocycles. The fourth-order valence-corrected chi connectivity index (χ4v) is 1.82. The van der Waals surface area contributed by atoms with Crippen molar-refractivity contribution in [3.05, 3.63) is 11.3 Å². The van der Waals surface area contributed by atoms with Gasteiger partial charge in [-0.1, -0.05) is 0 Å². The van der Waals surface area contributed by atoms with Crippen LogP contribution >= 0.6 is 0 Å². The number of hydrogen-bond acceptors (Lipinski definition) is 4. The second-order valence-corrected chi connectivity index (χ2v) is 3.60. The molecule has 0 amide bonds. The molecule has 2 atom stereocenters. The first-order valence-electron chi connectivity index (χ1n) is 4.76. The van der Waals surface area contributed by atoms with E-state index >= 15 is 0 Å². The highest BCUT2D eigenvalue weighted by molar-refractivity contribution is 5.36. The summed E-state index contributed by atoms with van der Waals surface area (Å²) in [7, 11) is 1.31. The molecule has 2 rings (SSSR count). The van der Waals surface area contributed by atoms with Gasteiger partial charge in [-0.2, -0.15) is 0 Å². The SMILES string of the molecule is CC1=C(N)C2CCC(C1)O2.COC=O. The van der Waals surface area contributed by atoms with Crippen LogP contribution in [0.3, 0.4) is 0 Å². The summed E-state index contributed by atoms with van der Waals surface area (Å²) >= 11 is 0. The molecule has 1 saturated heterocycles. The Bertz CT molecular complexity index is 238. The zero-order valence-corrected chi connectivity index (χ0v) is 8.66. The third-order valence-electron chi connectivity index (χ3n) is 2.58. The molecule has 0 saturated carbocycles. The van der Waals surface area contributed by atoms with Crippen LogP contribution in [0.5, 0.6) is 0 Å². The third-order valence-corrected chi connectivity index (χ3v) is 2.58. The van der Waals surface area contributed by atoms with E-state index in [1.54, 1.807) is 0 Å². The number of fused-ring (bicyclic) bond motifs is 2. The number of hydrogen-bond donors (Lipinski definition) is 1. The van der Waals surface area contributed by atoms with Crippen molar-refractivity contribution in [3.8, 4) is 0 Å². The van der Waals surface area contributed by atoms with Gasteiger partial charge in [0.1, 0.15) is 0 Å². The van der Waals surface area contributed by atoms with Crippen molar-refractivity contribution in [2.24, 2.45) is 5.73 Å². The van der Waals surface area contributed by atoms with Gasteiger partial charge in [0.05, 0.1) is 19.3 Å². The maximum absolute atomic E-state index is 8.95. The fourth-order valence-electron chi connectivity index (χ4n) is 1.82. The van der Waals surface area contributed by atoms with E-state index in [0.717, 1.165) is 18.5 Å². The number of nitrogens with two attached hydrogens (primary N) is 1. The molecule has 0 aromatic heterocycles. The summed E-state index contributed by atoms with van der Waals surface area (Å²) in [6.45, 7) is 2.49. The highest BCUT2D eigenvalue weighted by Gasteiger charge is 2.32. The number of carbonyl (C=O) groups excluding carboxylic acids is 1. The molecule has 2 aliphatic rings. The van der Waals surface area contributed by atoms with Crippen LogP contribution in [0, 0.1) is 0 Å². The van der Waals surface area contributed by atoms with Crippen LogP contribution in [-0.4, -0.2) is 25.8 Å². The molecule has 14 heavy (non-hydrogen) atoms. The summed E-state index contributed by atoms with van der Waals surface area (Å²) in [4.78, 5) is 8.95. The zero-order chi connectivity index (χ0) is 10.6. The van der Waals surface area contributed by atoms with E-state index in [1.165, 1.54) is 19.1 Å². The molecule has 4 heteroatoms. The summed E-state index contributed by atoms with van der Waals surface area (Å²) in [6, 6.07) is 0. The van der Waals surface area contributed by atoms with E-state index in [4.69, 9.17) is 15.3 Å². The van der Waals surface area contributed by atoms with E-state index < -0.39 is 0 Å². The number of ether oxygens (including phenoxy) is 2. The number of rotatable bonds is 1. The zero-order valence-electron chi connectivity index (χ0n) is 8.66. The van der Waals surface area contributed by atoms with Crippen molar-refractivity contribution in [1.82, 2.24) is 0 Å². The molecule has 0 radical (unpaired) electrons. The maximum Gasteiger partial charge on any atom is 0.292 e. The lowest BCUT2D eigenvalue weighted by atomic mass is 10.1. The molecule has 0 spiro atoms. The van der Waals surface area contributed by atoms with Crippen LogP contribution in [0.2, 0.25) is 0 Å². The minimum absolute atomic E-state index is 0.263. The van der Waals surface area contributed by atoms with Gasteiger partial charge in [-0.15, -0.1) is 0 Å². The Labute approximate surface area is 84.1 Å². The second kappa shape index (κ2) is 5.00. The minimum atomic E-state index is 0.263. The normalized spacial score (nSPS) is 29.3. The fraction of sp³-hybridized carbons (Fsp3) is 0.700. The Balaban J connectivity index is 0.000000213. The predicted molar refractivity (Wildman–Crippen MR) is 52.5 cm³/mol. The maximum atomic E-state index is 8.95. The lowest BCUT2D eigenvalue weighted by Crippen LogP contribution is -2.25. The molecule has 1 fully saturated rings. The van der Waals surface area contributed by atoms with E-state index in [-0.39, 0.29) is 6.10 Å². The van der Waals surface area contributed by atoms with Gasteiger partial charge in [0.15, 0.2) is 0 Å². The van der Waals surface area contributed by atoms with E-state index in [9.17, 15) is 0 Å². The van der Waals surface area contributed by atoms with Gasteiger partial charge in [-0.3, -0.25) is 4.79 Å².